The summed E-state index contributed by atoms with van der Waals surface area (Å²) in [5, 5.41) is 11.5. The lowest BCUT2D eigenvalue weighted by Gasteiger charge is -2.34. The number of piperazine rings is 1. The number of hydrogen-bond acceptors (Lipinski definition) is 4. The van der Waals surface area contributed by atoms with Gasteiger partial charge in [-0.25, -0.2) is 4.79 Å². The van der Waals surface area contributed by atoms with Crippen LogP contribution in [0.5, 0.6) is 0 Å². The van der Waals surface area contributed by atoms with E-state index in [-0.39, 0.29) is 24.4 Å². The van der Waals surface area contributed by atoms with Crippen LogP contribution in [0.3, 0.4) is 0 Å². The van der Waals surface area contributed by atoms with Gasteiger partial charge in [-0.05, 0) is 25.0 Å². The molecule has 0 bridgehead atoms. The number of carbonyl (C=O) groups excluding carboxylic acids is 3. The fourth-order valence-electron chi connectivity index (χ4n) is 3.02. The molecule has 2 aliphatic rings. The van der Waals surface area contributed by atoms with Crippen LogP contribution in [-0.2, 0) is 9.59 Å². The molecule has 2 fully saturated rings. The summed E-state index contributed by atoms with van der Waals surface area (Å²) in [6.07, 6.45) is 1.49. The zero-order chi connectivity index (χ0) is 17.6. The Kier molecular flexibility index (Phi) is 5.49. The second kappa shape index (κ2) is 7.98. The second-order valence-electron chi connectivity index (χ2n) is 6.24. The fourth-order valence-corrected chi connectivity index (χ4v) is 3.02. The molecule has 0 spiro atoms. The molecule has 0 saturated carbocycles. The lowest BCUT2D eigenvalue weighted by Crippen LogP contribution is -2.61. The number of rotatable bonds is 3. The van der Waals surface area contributed by atoms with E-state index in [9.17, 15) is 14.4 Å². The first-order chi connectivity index (χ1) is 12.1. The largest absolute Gasteiger partial charge is 0.354 e. The molecule has 3 rings (SSSR count). The van der Waals surface area contributed by atoms with Crippen molar-refractivity contribution in [2.24, 2.45) is 0 Å². The maximum atomic E-state index is 12.4. The molecular formula is C17H23N5O3. The van der Waals surface area contributed by atoms with E-state index in [1.807, 2.05) is 30.3 Å². The lowest BCUT2D eigenvalue weighted by molar-refractivity contribution is -0.131. The first-order valence-electron chi connectivity index (χ1n) is 8.56. The van der Waals surface area contributed by atoms with Crippen LogP contribution in [0.25, 0.3) is 0 Å². The summed E-state index contributed by atoms with van der Waals surface area (Å²) in [5.74, 6) is -0.395. The molecule has 134 valence electrons. The minimum Gasteiger partial charge on any atom is -0.354 e. The van der Waals surface area contributed by atoms with Gasteiger partial charge in [0.15, 0.2) is 0 Å². The predicted molar refractivity (Wildman–Crippen MR) is 93.0 cm³/mol. The van der Waals surface area contributed by atoms with Crippen LogP contribution in [0, 0.1) is 0 Å². The van der Waals surface area contributed by atoms with Gasteiger partial charge in [-0.15, -0.1) is 0 Å². The van der Waals surface area contributed by atoms with Gasteiger partial charge in [0, 0.05) is 31.9 Å². The SMILES string of the molecule is O=C1NCCC[C@@H]1NC(=O)[C@H]1CN(C(=O)Nc2ccccc2)CCN1. The number of carbonyl (C=O) groups is 3. The third-order valence-corrected chi connectivity index (χ3v) is 4.41. The maximum Gasteiger partial charge on any atom is 0.321 e. The zero-order valence-electron chi connectivity index (χ0n) is 14.0. The Morgan fingerprint density at radius 3 is 2.72 bits per heavy atom. The molecule has 0 aliphatic carbocycles. The predicted octanol–water partition coefficient (Wildman–Crippen LogP) is -0.113. The van der Waals surface area contributed by atoms with Gasteiger partial charge in [0.2, 0.25) is 11.8 Å². The molecule has 2 heterocycles. The molecule has 2 atom stereocenters. The Balaban J connectivity index is 1.54. The Labute approximate surface area is 146 Å². The van der Waals surface area contributed by atoms with Crippen LogP contribution >= 0.6 is 0 Å². The number of anilines is 1. The smallest absolute Gasteiger partial charge is 0.321 e. The highest BCUT2D eigenvalue weighted by molar-refractivity contribution is 5.92. The van der Waals surface area contributed by atoms with Crippen molar-refractivity contribution in [1.82, 2.24) is 20.9 Å². The van der Waals surface area contributed by atoms with E-state index >= 15 is 0 Å². The second-order valence-corrected chi connectivity index (χ2v) is 6.24. The summed E-state index contributed by atoms with van der Waals surface area (Å²) in [7, 11) is 0. The molecule has 0 radical (unpaired) electrons. The van der Waals surface area contributed by atoms with Crippen molar-refractivity contribution < 1.29 is 14.4 Å². The van der Waals surface area contributed by atoms with Crippen LogP contribution in [0.15, 0.2) is 30.3 Å². The van der Waals surface area contributed by atoms with Crippen molar-refractivity contribution in [1.29, 1.82) is 0 Å². The van der Waals surface area contributed by atoms with Crippen molar-refractivity contribution in [3.05, 3.63) is 30.3 Å². The number of hydrogen-bond donors (Lipinski definition) is 4. The highest BCUT2D eigenvalue weighted by atomic mass is 16.2. The Hall–Kier alpha value is -2.61. The van der Waals surface area contributed by atoms with Crippen LogP contribution in [0.1, 0.15) is 12.8 Å². The first kappa shape index (κ1) is 17.2. The average Bonchev–Trinajstić information content (AvgIpc) is 2.64. The van der Waals surface area contributed by atoms with Gasteiger partial charge >= 0.3 is 6.03 Å². The average molecular weight is 345 g/mol. The van der Waals surface area contributed by atoms with Crippen molar-refractivity contribution in [3.63, 3.8) is 0 Å². The lowest BCUT2D eigenvalue weighted by atomic mass is 10.1. The van der Waals surface area contributed by atoms with Gasteiger partial charge in [-0.1, -0.05) is 18.2 Å². The van der Waals surface area contributed by atoms with Crippen molar-refractivity contribution in [3.8, 4) is 0 Å². The summed E-state index contributed by atoms with van der Waals surface area (Å²) in [4.78, 5) is 38.2. The normalized spacial score (nSPS) is 23.5. The molecule has 1 aromatic rings. The summed E-state index contributed by atoms with van der Waals surface area (Å²) in [5.41, 5.74) is 0.714. The highest BCUT2D eigenvalue weighted by Crippen LogP contribution is 2.09. The van der Waals surface area contributed by atoms with Crippen LogP contribution in [0.4, 0.5) is 10.5 Å². The minimum atomic E-state index is -0.523. The van der Waals surface area contributed by atoms with E-state index in [1.54, 1.807) is 4.90 Å². The Bertz CT molecular complexity index is 636. The van der Waals surface area contributed by atoms with Gasteiger partial charge < -0.3 is 26.2 Å². The van der Waals surface area contributed by atoms with Crippen LogP contribution in [0.2, 0.25) is 0 Å². The molecule has 4 N–H and O–H groups in total. The number of piperidine rings is 1. The summed E-state index contributed by atoms with van der Waals surface area (Å²) < 4.78 is 0. The number of amides is 4. The summed E-state index contributed by atoms with van der Waals surface area (Å²) >= 11 is 0. The van der Waals surface area contributed by atoms with E-state index in [0.717, 1.165) is 6.42 Å². The van der Waals surface area contributed by atoms with E-state index in [4.69, 9.17) is 0 Å². The van der Waals surface area contributed by atoms with Gasteiger partial charge in [0.05, 0.1) is 0 Å². The summed E-state index contributed by atoms with van der Waals surface area (Å²) in [6, 6.07) is 7.94. The molecule has 8 heteroatoms. The Morgan fingerprint density at radius 2 is 1.96 bits per heavy atom. The third-order valence-electron chi connectivity index (χ3n) is 4.41. The quantitative estimate of drug-likeness (QED) is 0.614. The third kappa shape index (κ3) is 4.48. The molecule has 1 aromatic carbocycles. The molecule has 4 amide bonds. The van der Waals surface area contributed by atoms with Crippen LogP contribution in [-0.4, -0.2) is 61.0 Å². The Morgan fingerprint density at radius 1 is 1.16 bits per heavy atom. The van der Waals surface area contributed by atoms with E-state index in [1.165, 1.54) is 0 Å². The van der Waals surface area contributed by atoms with E-state index < -0.39 is 12.1 Å². The van der Waals surface area contributed by atoms with E-state index in [0.29, 0.717) is 31.7 Å². The number of benzene rings is 1. The minimum absolute atomic E-state index is 0.144. The van der Waals surface area contributed by atoms with Crippen LogP contribution < -0.4 is 21.3 Å². The molecular weight excluding hydrogens is 322 g/mol. The highest BCUT2D eigenvalue weighted by Gasteiger charge is 2.31. The fraction of sp³-hybridized carbons (Fsp3) is 0.471. The summed E-state index contributed by atoms with van der Waals surface area (Å²) in [6.45, 7) is 1.96. The molecule has 2 aliphatic heterocycles. The monoisotopic (exact) mass is 345 g/mol. The number of nitrogens with zero attached hydrogens (tertiary/aromatic N) is 1. The van der Waals surface area contributed by atoms with Gasteiger partial charge in [0.25, 0.3) is 0 Å². The van der Waals surface area contributed by atoms with Crippen molar-refractivity contribution in [2.45, 2.75) is 24.9 Å². The standard InChI is InChI=1S/C17H23N5O3/c23-15-13(7-4-8-19-15)21-16(24)14-11-22(10-9-18-14)17(25)20-12-5-2-1-3-6-12/h1-3,5-6,13-14,18H,4,7-11H2,(H,19,23)(H,20,25)(H,21,24)/t13-,14+/m0/s1. The van der Waals surface area contributed by atoms with Gasteiger partial charge in [0.1, 0.15) is 12.1 Å². The molecule has 0 unspecified atom stereocenters. The van der Waals surface area contributed by atoms with E-state index in [2.05, 4.69) is 21.3 Å². The zero-order valence-corrected chi connectivity index (χ0v) is 14.0. The first-order valence-corrected chi connectivity index (χ1v) is 8.56. The van der Waals surface area contributed by atoms with Gasteiger partial charge in [-0.2, -0.15) is 0 Å². The number of urea groups is 1. The molecule has 0 aromatic heterocycles. The number of para-hydroxylation sites is 1. The topological polar surface area (TPSA) is 103 Å². The molecule has 25 heavy (non-hydrogen) atoms. The van der Waals surface area contributed by atoms with Crippen molar-refractivity contribution in [2.75, 3.05) is 31.5 Å². The molecule has 8 nitrogen and oxygen atoms in total. The maximum absolute atomic E-state index is 12.4. The number of nitrogens with one attached hydrogen (secondary N) is 4. The molecule has 2 saturated heterocycles. The van der Waals surface area contributed by atoms with Gasteiger partial charge in [-0.3, -0.25) is 9.59 Å². The van der Waals surface area contributed by atoms with Crippen molar-refractivity contribution >= 4 is 23.5 Å².